The largest absolute Gasteiger partial charge is 0.497 e. The summed E-state index contributed by atoms with van der Waals surface area (Å²) in [5.41, 5.74) is 4.96. The molecule has 166 valence electrons. The topological polar surface area (TPSA) is 35.5 Å². The predicted octanol–water partition coefficient (Wildman–Crippen LogP) is 6.99. The zero-order valence-electron chi connectivity index (χ0n) is 19.0. The number of carbonyl (C=O) groups excluding carboxylic acids is 1. The van der Waals surface area contributed by atoms with E-state index < -0.39 is 0 Å². The number of hydrogen-bond acceptors (Lipinski definition) is 3. The molecule has 3 heteroatoms. The Morgan fingerprint density at radius 2 is 1.55 bits per heavy atom. The second kappa shape index (κ2) is 10.6. The Morgan fingerprint density at radius 1 is 0.818 bits per heavy atom. The first kappa shape index (κ1) is 22.3. The molecule has 0 aliphatic rings. The van der Waals surface area contributed by atoms with Gasteiger partial charge in [-0.3, -0.25) is 4.79 Å². The van der Waals surface area contributed by atoms with E-state index >= 15 is 0 Å². The van der Waals surface area contributed by atoms with Crippen molar-refractivity contribution in [1.29, 1.82) is 0 Å². The van der Waals surface area contributed by atoms with Gasteiger partial charge < -0.3 is 9.47 Å². The van der Waals surface area contributed by atoms with Gasteiger partial charge in [0.1, 0.15) is 18.1 Å². The summed E-state index contributed by atoms with van der Waals surface area (Å²) < 4.78 is 11.8. The van der Waals surface area contributed by atoms with Crippen molar-refractivity contribution in [3.05, 3.63) is 131 Å². The summed E-state index contributed by atoms with van der Waals surface area (Å²) in [5, 5.41) is 0. The quantitative estimate of drug-likeness (QED) is 0.265. The lowest BCUT2D eigenvalue weighted by Crippen LogP contribution is -2.11. The average molecular weight is 437 g/mol. The second-order valence-electron chi connectivity index (χ2n) is 8.14. The Balaban J connectivity index is 1.72. The highest BCUT2D eigenvalue weighted by Gasteiger charge is 2.23. The van der Waals surface area contributed by atoms with E-state index in [9.17, 15) is 4.79 Å². The van der Waals surface area contributed by atoms with Crippen LogP contribution in [0.5, 0.6) is 11.5 Å². The van der Waals surface area contributed by atoms with Crippen molar-refractivity contribution in [3.63, 3.8) is 0 Å². The lowest BCUT2D eigenvalue weighted by Gasteiger charge is -2.22. The molecular formula is C30H28O3. The summed E-state index contributed by atoms with van der Waals surface area (Å²) in [4.78, 5) is 13.3. The van der Waals surface area contributed by atoms with Crippen molar-refractivity contribution in [3.8, 4) is 11.5 Å². The highest BCUT2D eigenvalue weighted by molar-refractivity contribution is 5.96. The van der Waals surface area contributed by atoms with Crippen LogP contribution in [0, 0.1) is 6.92 Å². The standard InChI is InChI=1S/C30H28O3/c1-22-16-17-30(33-21-23-10-5-3-6-11-23)28(18-22)27(25-14-9-15-26(19-25)32-2)20-29(31)24-12-7-4-8-13-24/h3-19,27H,20-21H2,1-2H3/t27-/m1/s1. The van der Waals surface area contributed by atoms with Crippen LogP contribution in [0.15, 0.2) is 103 Å². The molecule has 0 amide bonds. The molecule has 3 nitrogen and oxygen atoms in total. The number of Topliss-reactive ketones (excluding diaryl/α,β-unsaturated/α-hetero) is 1. The first-order valence-electron chi connectivity index (χ1n) is 11.1. The Hall–Kier alpha value is -3.85. The summed E-state index contributed by atoms with van der Waals surface area (Å²) in [6.07, 6.45) is 0.336. The van der Waals surface area contributed by atoms with E-state index in [1.807, 2.05) is 91.0 Å². The smallest absolute Gasteiger partial charge is 0.163 e. The maximum atomic E-state index is 13.3. The zero-order valence-corrected chi connectivity index (χ0v) is 19.0. The molecule has 33 heavy (non-hydrogen) atoms. The van der Waals surface area contributed by atoms with Gasteiger partial charge in [0.05, 0.1) is 7.11 Å². The number of methoxy groups -OCH3 is 1. The number of aryl methyl sites for hydroxylation is 1. The first-order chi connectivity index (χ1) is 16.1. The molecule has 0 heterocycles. The third-order valence-corrected chi connectivity index (χ3v) is 5.76. The predicted molar refractivity (Wildman–Crippen MR) is 132 cm³/mol. The van der Waals surface area contributed by atoms with Crippen LogP contribution in [0.25, 0.3) is 0 Å². The molecule has 0 aliphatic heterocycles. The number of ketones is 1. The van der Waals surface area contributed by atoms with Gasteiger partial charge in [0.2, 0.25) is 0 Å². The van der Waals surface area contributed by atoms with Crippen molar-refractivity contribution in [2.75, 3.05) is 7.11 Å². The number of carbonyl (C=O) groups is 1. The number of hydrogen-bond donors (Lipinski definition) is 0. The number of ether oxygens (including phenoxy) is 2. The molecule has 0 spiro atoms. The molecule has 4 rings (SSSR count). The van der Waals surface area contributed by atoms with E-state index in [0.29, 0.717) is 18.6 Å². The highest BCUT2D eigenvalue weighted by atomic mass is 16.5. The lowest BCUT2D eigenvalue weighted by atomic mass is 9.84. The van der Waals surface area contributed by atoms with Crippen molar-refractivity contribution >= 4 is 5.78 Å². The number of rotatable bonds is 9. The van der Waals surface area contributed by atoms with E-state index in [4.69, 9.17) is 9.47 Å². The molecule has 0 aromatic heterocycles. The molecule has 0 N–H and O–H groups in total. The van der Waals surface area contributed by atoms with Crippen LogP contribution in [0.1, 0.15) is 45.0 Å². The molecule has 0 aliphatic carbocycles. The van der Waals surface area contributed by atoms with Crippen molar-refractivity contribution in [2.24, 2.45) is 0 Å². The summed E-state index contributed by atoms with van der Waals surface area (Å²) >= 11 is 0. The SMILES string of the molecule is COc1cccc([C@@H](CC(=O)c2ccccc2)c2cc(C)ccc2OCc2ccccc2)c1. The van der Waals surface area contributed by atoms with Crippen LogP contribution < -0.4 is 9.47 Å². The molecule has 4 aromatic rings. The fourth-order valence-corrected chi connectivity index (χ4v) is 4.00. The fourth-order valence-electron chi connectivity index (χ4n) is 4.00. The normalized spacial score (nSPS) is 11.6. The van der Waals surface area contributed by atoms with Crippen molar-refractivity contribution < 1.29 is 14.3 Å². The lowest BCUT2D eigenvalue weighted by molar-refractivity contribution is 0.0977. The Kier molecular flexibility index (Phi) is 7.21. The molecule has 0 radical (unpaired) electrons. The van der Waals surface area contributed by atoms with Crippen LogP contribution in [0.2, 0.25) is 0 Å². The summed E-state index contributed by atoms with van der Waals surface area (Å²) in [6.45, 7) is 2.53. The summed E-state index contributed by atoms with van der Waals surface area (Å²) in [6, 6.07) is 33.7. The van der Waals surface area contributed by atoms with Gasteiger partial charge in [0.15, 0.2) is 5.78 Å². The van der Waals surface area contributed by atoms with Crippen molar-refractivity contribution in [1.82, 2.24) is 0 Å². The Labute approximate surface area is 195 Å². The molecule has 0 unspecified atom stereocenters. The van der Waals surface area contributed by atoms with E-state index in [1.165, 1.54) is 0 Å². The maximum Gasteiger partial charge on any atom is 0.163 e. The molecule has 0 bridgehead atoms. The van der Waals surface area contributed by atoms with Crippen molar-refractivity contribution in [2.45, 2.75) is 25.9 Å². The van der Waals surface area contributed by atoms with Crippen LogP contribution in [0.4, 0.5) is 0 Å². The van der Waals surface area contributed by atoms with Gasteiger partial charge in [-0.25, -0.2) is 0 Å². The molecule has 0 saturated carbocycles. The zero-order chi connectivity index (χ0) is 23.0. The van der Waals surface area contributed by atoms with Gasteiger partial charge in [-0.2, -0.15) is 0 Å². The fraction of sp³-hybridized carbons (Fsp3) is 0.167. The molecule has 4 aromatic carbocycles. The maximum absolute atomic E-state index is 13.3. The van der Waals surface area contributed by atoms with Crippen LogP contribution in [0.3, 0.4) is 0 Å². The van der Waals surface area contributed by atoms with E-state index in [1.54, 1.807) is 7.11 Å². The monoisotopic (exact) mass is 436 g/mol. The van der Waals surface area contributed by atoms with Gasteiger partial charge in [-0.15, -0.1) is 0 Å². The molecule has 1 atom stereocenters. The molecule has 0 saturated heterocycles. The Bertz CT molecular complexity index is 1200. The van der Waals surface area contributed by atoms with Gasteiger partial charge in [0, 0.05) is 23.5 Å². The second-order valence-corrected chi connectivity index (χ2v) is 8.14. The van der Waals surface area contributed by atoms with Crippen LogP contribution >= 0.6 is 0 Å². The van der Waals surface area contributed by atoms with Gasteiger partial charge in [0.25, 0.3) is 0 Å². The van der Waals surface area contributed by atoms with Gasteiger partial charge in [-0.05, 0) is 36.2 Å². The minimum Gasteiger partial charge on any atom is -0.497 e. The van der Waals surface area contributed by atoms with Gasteiger partial charge >= 0.3 is 0 Å². The minimum absolute atomic E-state index is 0.0962. The molecule has 0 fully saturated rings. The molecular weight excluding hydrogens is 408 g/mol. The summed E-state index contributed by atoms with van der Waals surface area (Å²) in [7, 11) is 1.66. The average Bonchev–Trinajstić information content (AvgIpc) is 2.87. The summed E-state index contributed by atoms with van der Waals surface area (Å²) in [5.74, 6) is 1.49. The first-order valence-corrected chi connectivity index (χ1v) is 11.1. The van der Waals surface area contributed by atoms with E-state index in [2.05, 4.69) is 19.1 Å². The highest BCUT2D eigenvalue weighted by Crippen LogP contribution is 2.37. The third kappa shape index (κ3) is 5.69. The Morgan fingerprint density at radius 3 is 2.27 bits per heavy atom. The van der Waals surface area contributed by atoms with Gasteiger partial charge in [-0.1, -0.05) is 90.5 Å². The number of benzene rings is 4. The van der Waals surface area contributed by atoms with Crippen LogP contribution in [-0.2, 0) is 6.61 Å². The van der Waals surface area contributed by atoms with E-state index in [-0.39, 0.29) is 11.7 Å². The van der Waals surface area contributed by atoms with E-state index in [0.717, 1.165) is 33.8 Å². The van der Waals surface area contributed by atoms with Crippen LogP contribution in [-0.4, -0.2) is 12.9 Å². The minimum atomic E-state index is -0.168. The third-order valence-electron chi connectivity index (χ3n) is 5.76.